The summed E-state index contributed by atoms with van der Waals surface area (Å²) in [5.41, 5.74) is 0.791. The number of rotatable bonds is 2. The molecule has 0 aliphatic carbocycles. The predicted octanol–water partition coefficient (Wildman–Crippen LogP) is 4.12. The van der Waals surface area contributed by atoms with Gasteiger partial charge in [0.05, 0.1) is 10.2 Å². The van der Waals surface area contributed by atoms with Gasteiger partial charge in [-0.15, -0.1) is 0 Å². The van der Waals surface area contributed by atoms with Crippen molar-refractivity contribution in [2.75, 3.05) is 5.32 Å². The zero-order valence-corrected chi connectivity index (χ0v) is 14.2. The average molecular weight is 361 g/mol. The van der Waals surface area contributed by atoms with E-state index in [4.69, 9.17) is 21.1 Å². The van der Waals surface area contributed by atoms with Crippen molar-refractivity contribution in [1.82, 2.24) is 4.98 Å². The number of amides is 1. The quantitative estimate of drug-likeness (QED) is 0.746. The fourth-order valence-corrected chi connectivity index (χ4v) is 3.68. The lowest BCUT2D eigenvalue weighted by atomic mass is 10.1. The van der Waals surface area contributed by atoms with Gasteiger partial charge in [0.15, 0.2) is 16.6 Å². The normalized spacial score (nSPS) is 19.2. The maximum atomic E-state index is 12.6. The topological polar surface area (TPSA) is 60.5 Å². The van der Waals surface area contributed by atoms with Crippen molar-refractivity contribution < 1.29 is 14.3 Å². The highest BCUT2D eigenvalue weighted by Gasteiger charge is 2.34. The van der Waals surface area contributed by atoms with Crippen LogP contribution in [0.25, 0.3) is 10.2 Å². The molecular formula is C17H13ClN2O3S. The van der Waals surface area contributed by atoms with E-state index in [1.807, 2.05) is 30.3 Å². The minimum Gasteiger partial charge on any atom is -0.482 e. The number of thiazole rings is 1. The van der Waals surface area contributed by atoms with E-state index >= 15 is 0 Å². The maximum absolute atomic E-state index is 12.6. The molecule has 0 bridgehead atoms. The van der Waals surface area contributed by atoms with E-state index in [1.54, 1.807) is 19.1 Å². The summed E-state index contributed by atoms with van der Waals surface area (Å²) in [5.74, 6) is 0.915. The van der Waals surface area contributed by atoms with Gasteiger partial charge in [0, 0.05) is 5.02 Å². The summed E-state index contributed by atoms with van der Waals surface area (Å²) in [7, 11) is 0. The Kier molecular flexibility index (Phi) is 3.78. The highest BCUT2D eigenvalue weighted by Crippen LogP contribution is 2.34. The van der Waals surface area contributed by atoms with Gasteiger partial charge in [-0.2, -0.15) is 0 Å². The first-order valence-corrected chi connectivity index (χ1v) is 8.59. The van der Waals surface area contributed by atoms with E-state index in [9.17, 15) is 4.79 Å². The smallest absolute Gasteiger partial charge is 0.271 e. The molecule has 122 valence electrons. The summed E-state index contributed by atoms with van der Waals surface area (Å²) in [6.45, 7) is 1.80. The summed E-state index contributed by atoms with van der Waals surface area (Å²) in [4.78, 5) is 16.9. The molecule has 5 nitrogen and oxygen atoms in total. The number of carbonyl (C=O) groups excluding carboxylic acids is 1. The number of para-hydroxylation sites is 2. The summed E-state index contributed by atoms with van der Waals surface area (Å²) >= 11 is 7.34. The molecule has 4 rings (SSSR count). The van der Waals surface area contributed by atoms with Crippen LogP contribution in [0.2, 0.25) is 5.02 Å². The SMILES string of the molecule is CC1Oc2ccccc2OC1C(=O)Nc1nc2ccc(Cl)cc2s1. The number of fused-ring (bicyclic) bond motifs is 2. The minimum atomic E-state index is -0.740. The Hall–Kier alpha value is -2.31. The molecule has 0 saturated carbocycles. The Morgan fingerprint density at radius 2 is 1.96 bits per heavy atom. The Balaban J connectivity index is 1.55. The molecule has 24 heavy (non-hydrogen) atoms. The van der Waals surface area contributed by atoms with Crippen molar-refractivity contribution in [3.63, 3.8) is 0 Å². The molecule has 0 radical (unpaired) electrons. The van der Waals surface area contributed by atoms with Gasteiger partial charge in [-0.05, 0) is 37.3 Å². The van der Waals surface area contributed by atoms with E-state index in [-0.39, 0.29) is 5.91 Å². The van der Waals surface area contributed by atoms with Crippen molar-refractivity contribution in [2.45, 2.75) is 19.1 Å². The maximum Gasteiger partial charge on any atom is 0.271 e. The van der Waals surface area contributed by atoms with Gasteiger partial charge < -0.3 is 9.47 Å². The van der Waals surface area contributed by atoms with Crippen molar-refractivity contribution in [2.24, 2.45) is 0 Å². The summed E-state index contributed by atoms with van der Waals surface area (Å²) in [6.07, 6.45) is -1.14. The lowest BCUT2D eigenvalue weighted by molar-refractivity contribution is -0.128. The van der Waals surface area contributed by atoms with Crippen LogP contribution in [0.4, 0.5) is 5.13 Å². The zero-order chi connectivity index (χ0) is 16.7. The second-order valence-electron chi connectivity index (χ2n) is 5.43. The molecule has 3 aromatic rings. The third kappa shape index (κ3) is 2.79. The van der Waals surface area contributed by atoms with Crippen LogP contribution in [0.5, 0.6) is 11.5 Å². The van der Waals surface area contributed by atoms with Gasteiger partial charge >= 0.3 is 0 Å². The van der Waals surface area contributed by atoms with Gasteiger partial charge in [-0.1, -0.05) is 35.1 Å². The highest BCUT2D eigenvalue weighted by molar-refractivity contribution is 7.22. The summed E-state index contributed by atoms with van der Waals surface area (Å²) in [6, 6.07) is 12.7. The molecule has 0 fully saturated rings. The van der Waals surface area contributed by atoms with Crippen LogP contribution in [0.15, 0.2) is 42.5 Å². The first-order valence-electron chi connectivity index (χ1n) is 7.39. The molecule has 2 unspecified atom stereocenters. The van der Waals surface area contributed by atoms with Gasteiger partial charge in [0.1, 0.15) is 6.10 Å². The van der Waals surface area contributed by atoms with Crippen molar-refractivity contribution in [3.8, 4) is 11.5 Å². The van der Waals surface area contributed by atoms with Gasteiger partial charge in [0.2, 0.25) is 6.10 Å². The molecule has 1 aromatic heterocycles. The number of aromatic nitrogens is 1. The van der Waals surface area contributed by atoms with E-state index in [0.29, 0.717) is 21.7 Å². The van der Waals surface area contributed by atoms with Crippen LogP contribution >= 0.6 is 22.9 Å². The second-order valence-corrected chi connectivity index (χ2v) is 6.90. The van der Waals surface area contributed by atoms with E-state index in [2.05, 4.69) is 10.3 Å². The number of benzene rings is 2. The number of hydrogen-bond donors (Lipinski definition) is 1. The largest absolute Gasteiger partial charge is 0.482 e. The number of hydrogen-bond acceptors (Lipinski definition) is 5. The van der Waals surface area contributed by atoms with Crippen LogP contribution in [-0.4, -0.2) is 23.1 Å². The van der Waals surface area contributed by atoms with Crippen LogP contribution < -0.4 is 14.8 Å². The molecule has 7 heteroatoms. The number of halogens is 1. The molecule has 0 saturated heterocycles. The monoisotopic (exact) mass is 360 g/mol. The van der Waals surface area contributed by atoms with Crippen LogP contribution in [0, 0.1) is 0 Å². The fraction of sp³-hybridized carbons (Fsp3) is 0.176. The van der Waals surface area contributed by atoms with Crippen LogP contribution in [0.1, 0.15) is 6.92 Å². The highest BCUT2D eigenvalue weighted by atomic mass is 35.5. The summed E-state index contributed by atoms with van der Waals surface area (Å²) in [5, 5.41) is 3.95. The lowest BCUT2D eigenvalue weighted by Gasteiger charge is -2.30. The van der Waals surface area contributed by atoms with E-state index in [1.165, 1.54) is 11.3 Å². The third-order valence-electron chi connectivity index (χ3n) is 3.68. The number of nitrogens with zero attached hydrogens (tertiary/aromatic N) is 1. The van der Waals surface area contributed by atoms with Crippen LogP contribution in [-0.2, 0) is 4.79 Å². The standard InChI is InChI=1S/C17H13ClN2O3S/c1-9-15(23-13-5-3-2-4-12(13)22-9)16(21)20-17-19-11-7-6-10(18)8-14(11)24-17/h2-9,15H,1H3,(H,19,20,21). The molecule has 1 N–H and O–H groups in total. The van der Waals surface area contributed by atoms with E-state index < -0.39 is 12.2 Å². The average Bonchev–Trinajstić information content (AvgIpc) is 2.95. The molecule has 1 aliphatic rings. The second kappa shape index (κ2) is 5.96. The predicted molar refractivity (Wildman–Crippen MR) is 94.2 cm³/mol. The van der Waals surface area contributed by atoms with Crippen LogP contribution in [0.3, 0.4) is 0 Å². The Bertz CT molecular complexity index is 927. The molecule has 1 aliphatic heterocycles. The Morgan fingerprint density at radius 3 is 2.75 bits per heavy atom. The molecule has 2 heterocycles. The van der Waals surface area contributed by atoms with Gasteiger partial charge in [-0.3, -0.25) is 10.1 Å². The van der Waals surface area contributed by atoms with Crippen molar-refractivity contribution >= 4 is 44.2 Å². The Labute approximate surface area is 147 Å². The lowest BCUT2D eigenvalue weighted by Crippen LogP contribution is -2.46. The summed E-state index contributed by atoms with van der Waals surface area (Å²) < 4.78 is 12.5. The molecule has 1 amide bonds. The van der Waals surface area contributed by atoms with E-state index in [0.717, 1.165) is 10.2 Å². The fourth-order valence-electron chi connectivity index (χ4n) is 2.53. The minimum absolute atomic E-state index is 0.290. The first kappa shape index (κ1) is 15.2. The number of carbonyl (C=O) groups is 1. The van der Waals surface area contributed by atoms with Crippen molar-refractivity contribution in [1.29, 1.82) is 0 Å². The number of ether oxygens (including phenoxy) is 2. The van der Waals surface area contributed by atoms with Gasteiger partial charge in [0.25, 0.3) is 5.91 Å². The molecular weight excluding hydrogens is 348 g/mol. The number of anilines is 1. The van der Waals surface area contributed by atoms with Crippen molar-refractivity contribution in [3.05, 3.63) is 47.5 Å². The zero-order valence-electron chi connectivity index (χ0n) is 12.7. The molecule has 2 atom stereocenters. The Morgan fingerprint density at radius 1 is 1.21 bits per heavy atom. The van der Waals surface area contributed by atoms with Gasteiger partial charge in [-0.25, -0.2) is 4.98 Å². The molecule has 2 aromatic carbocycles. The molecule has 0 spiro atoms. The number of nitrogens with one attached hydrogen (secondary N) is 1. The third-order valence-corrected chi connectivity index (χ3v) is 4.85. The first-order chi connectivity index (χ1) is 11.6.